The molecular formula is C15H14N2O4. The molecule has 0 N–H and O–H groups in total. The minimum Gasteiger partial charge on any atom is -0.465 e. The molecule has 0 atom stereocenters. The molecule has 0 saturated heterocycles. The number of hydrogen-bond acceptors (Lipinski definition) is 5. The van der Waals surface area contributed by atoms with E-state index < -0.39 is 11.6 Å². The van der Waals surface area contributed by atoms with Gasteiger partial charge >= 0.3 is 11.6 Å². The van der Waals surface area contributed by atoms with Gasteiger partial charge in [-0.05, 0) is 26.0 Å². The summed E-state index contributed by atoms with van der Waals surface area (Å²) >= 11 is 0. The molecule has 0 saturated carbocycles. The molecule has 6 heteroatoms. The van der Waals surface area contributed by atoms with Gasteiger partial charge in [0.05, 0.1) is 18.3 Å². The first-order chi connectivity index (χ1) is 10.1. The smallest absolute Gasteiger partial charge is 0.347 e. The molecule has 0 fully saturated rings. The van der Waals surface area contributed by atoms with Crippen molar-refractivity contribution in [1.29, 1.82) is 0 Å². The molecule has 1 aromatic carbocycles. The Morgan fingerprint density at radius 2 is 2.19 bits per heavy atom. The summed E-state index contributed by atoms with van der Waals surface area (Å²) in [5.74, 6) is -0.392. The van der Waals surface area contributed by atoms with Crippen molar-refractivity contribution >= 4 is 27.8 Å². The van der Waals surface area contributed by atoms with Crippen LogP contribution in [-0.2, 0) is 16.1 Å². The summed E-state index contributed by atoms with van der Waals surface area (Å²) < 4.78 is 11.7. The van der Waals surface area contributed by atoms with Gasteiger partial charge in [-0.25, -0.2) is 4.79 Å². The van der Waals surface area contributed by atoms with Crippen molar-refractivity contribution in [2.45, 2.75) is 20.4 Å². The Kier molecular flexibility index (Phi) is 3.21. The number of carbonyl (C=O) groups is 1. The fraction of sp³-hybridized carbons (Fsp3) is 0.267. The van der Waals surface area contributed by atoms with Crippen molar-refractivity contribution in [3.63, 3.8) is 0 Å². The van der Waals surface area contributed by atoms with Crippen LogP contribution in [0.1, 0.15) is 12.5 Å². The molecule has 0 spiro atoms. The summed E-state index contributed by atoms with van der Waals surface area (Å²) in [6, 6.07) is 5.51. The molecule has 0 unspecified atom stereocenters. The van der Waals surface area contributed by atoms with Gasteiger partial charge in [-0.3, -0.25) is 9.48 Å². The van der Waals surface area contributed by atoms with E-state index in [1.165, 1.54) is 10.9 Å². The fourth-order valence-electron chi connectivity index (χ4n) is 2.34. The zero-order valence-corrected chi connectivity index (χ0v) is 11.8. The number of carbonyl (C=O) groups excluding carboxylic acids is 1. The maximum Gasteiger partial charge on any atom is 0.347 e. The van der Waals surface area contributed by atoms with Crippen LogP contribution in [0, 0.1) is 6.92 Å². The minimum atomic E-state index is -0.462. The van der Waals surface area contributed by atoms with Gasteiger partial charge in [0.15, 0.2) is 0 Å². The van der Waals surface area contributed by atoms with Crippen molar-refractivity contribution in [1.82, 2.24) is 9.78 Å². The first kappa shape index (κ1) is 13.4. The van der Waals surface area contributed by atoms with E-state index >= 15 is 0 Å². The van der Waals surface area contributed by atoms with Crippen LogP contribution in [0.5, 0.6) is 0 Å². The third-order valence-electron chi connectivity index (χ3n) is 3.24. The molecule has 2 aromatic heterocycles. The number of rotatable bonds is 3. The van der Waals surface area contributed by atoms with Gasteiger partial charge in [-0.1, -0.05) is 11.6 Å². The van der Waals surface area contributed by atoms with E-state index in [1.807, 2.05) is 19.1 Å². The number of esters is 1. The molecule has 0 radical (unpaired) electrons. The Hall–Kier alpha value is -2.63. The standard InChI is InChI=1S/C15H14N2O4/c1-3-20-13(18)8-17-14-10-6-9(2)4-5-12(10)21-15(19)11(14)7-16-17/h4-7H,3,8H2,1-2H3. The number of hydrogen-bond donors (Lipinski definition) is 0. The topological polar surface area (TPSA) is 74.3 Å². The highest BCUT2D eigenvalue weighted by Crippen LogP contribution is 2.23. The van der Waals surface area contributed by atoms with Crippen molar-refractivity contribution in [3.8, 4) is 0 Å². The summed E-state index contributed by atoms with van der Waals surface area (Å²) in [4.78, 5) is 23.6. The molecule has 0 aliphatic carbocycles. The lowest BCUT2D eigenvalue weighted by atomic mass is 10.1. The van der Waals surface area contributed by atoms with E-state index in [0.29, 0.717) is 23.1 Å². The number of nitrogens with zero attached hydrogens (tertiary/aromatic N) is 2. The summed E-state index contributed by atoms with van der Waals surface area (Å²) in [6.07, 6.45) is 1.42. The average molecular weight is 286 g/mol. The molecule has 0 aliphatic heterocycles. The number of aryl methyl sites for hydroxylation is 1. The van der Waals surface area contributed by atoms with Crippen molar-refractivity contribution in [2.24, 2.45) is 0 Å². The van der Waals surface area contributed by atoms with E-state index in [-0.39, 0.29) is 6.54 Å². The Bertz CT molecular complexity index is 892. The van der Waals surface area contributed by atoms with Crippen LogP contribution in [0.15, 0.2) is 33.6 Å². The maximum atomic E-state index is 12.0. The Morgan fingerprint density at radius 1 is 1.38 bits per heavy atom. The van der Waals surface area contributed by atoms with Gasteiger partial charge in [0, 0.05) is 5.39 Å². The summed E-state index contributed by atoms with van der Waals surface area (Å²) in [5, 5.41) is 5.23. The molecule has 0 amide bonds. The van der Waals surface area contributed by atoms with Gasteiger partial charge in [-0.2, -0.15) is 5.10 Å². The molecule has 3 rings (SSSR count). The zero-order valence-electron chi connectivity index (χ0n) is 11.8. The van der Waals surface area contributed by atoms with Gasteiger partial charge in [0.1, 0.15) is 17.5 Å². The highest BCUT2D eigenvalue weighted by atomic mass is 16.5. The Labute approximate surface area is 119 Å². The monoisotopic (exact) mass is 286 g/mol. The lowest BCUT2D eigenvalue weighted by Crippen LogP contribution is -2.14. The third-order valence-corrected chi connectivity index (χ3v) is 3.24. The number of benzene rings is 1. The van der Waals surface area contributed by atoms with Gasteiger partial charge in [0.25, 0.3) is 0 Å². The number of fused-ring (bicyclic) bond motifs is 3. The van der Waals surface area contributed by atoms with Crippen LogP contribution >= 0.6 is 0 Å². The molecular weight excluding hydrogens is 272 g/mol. The first-order valence-electron chi connectivity index (χ1n) is 6.64. The SMILES string of the molecule is CCOC(=O)Cn1ncc2c(=O)oc3ccc(C)cc3c21. The van der Waals surface area contributed by atoms with E-state index in [4.69, 9.17) is 9.15 Å². The molecule has 0 aliphatic rings. The van der Waals surface area contributed by atoms with Crippen LogP contribution in [-0.4, -0.2) is 22.4 Å². The Morgan fingerprint density at radius 3 is 2.95 bits per heavy atom. The van der Waals surface area contributed by atoms with E-state index in [9.17, 15) is 9.59 Å². The second kappa shape index (κ2) is 5.05. The summed E-state index contributed by atoms with van der Waals surface area (Å²) in [5.41, 5.74) is 1.64. The second-order valence-electron chi connectivity index (χ2n) is 4.76. The Balaban J connectivity index is 2.27. The van der Waals surface area contributed by atoms with Crippen LogP contribution in [0.25, 0.3) is 21.9 Å². The quantitative estimate of drug-likeness (QED) is 0.544. The fourth-order valence-corrected chi connectivity index (χ4v) is 2.34. The van der Waals surface area contributed by atoms with E-state index in [2.05, 4.69) is 5.10 Å². The van der Waals surface area contributed by atoms with Crippen LogP contribution in [0.4, 0.5) is 0 Å². The lowest BCUT2D eigenvalue weighted by Gasteiger charge is -2.06. The van der Waals surface area contributed by atoms with E-state index in [1.54, 1.807) is 13.0 Å². The number of ether oxygens (including phenoxy) is 1. The molecule has 0 bridgehead atoms. The van der Waals surface area contributed by atoms with Crippen molar-refractivity contribution in [3.05, 3.63) is 40.4 Å². The molecule has 3 aromatic rings. The average Bonchev–Trinajstić information content (AvgIpc) is 2.85. The predicted octanol–water partition coefficient (Wildman–Crippen LogP) is 2.01. The lowest BCUT2D eigenvalue weighted by molar-refractivity contribution is -0.143. The minimum absolute atomic E-state index is 0.0379. The van der Waals surface area contributed by atoms with Crippen LogP contribution in [0.2, 0.25) is 0 Å². The van der Waals surface area contributed by atoms with Gasteiger partial charge in [-0.15, -0.1) is 0 Å². The molecule has 108 valence electrons. The zero-order chi connectivity index (χ0) is 15.0. The summed E-state index contributed by atoms with van der Waals surface area (Å²) in [7, 11) is 0. The summed E-state index contributed by atoms with van der Waals surface area (Å²) in [6.45, 7) is 3.96. The second-order valence-corrected chi connectivity index (χ2v) is 4.76. The maximum absolute atomic E-state index is 12.0. The number of aromatic nitrogens is 2. The molecule has 6 nitrogen and oxygen atoms in total. The highest BCUT2D eigenvalue weighted by molar-refractivity contribution is 6.02. The normalized spacial score (nSPS) is 11.1. The van der Waals surface area contributed by atoms with Crippen molar-refractivity contribution < 1.29 is 13.9 Å². The van der Waals surface area contributed by atoms with Crippen LogP contribution < -0.4 is 5.63 Å². The third kappa shape index (κ3) is 2.29. The van der Waals surface area contributed by atoms with Crippen LogP contribution in [0.3, 0.4) is 0 Å². The predicted molar refractivity (Wildman–Crippen MR) is 77.1 cm³/mol. The van der Waals surface area contributed by atoms with Crippen molar-refractivity contribution in [2.75, 3.05) is 6.61 Å². The van der Waals surface area contributed by atoms with Gasteiger partial charge < -0.3 is 9.15 Å². The highest BCUT2D eigenvalue weighted by Gasteiger charge is 2.15. The van der Waals surface area contributed by atoms with Gasteiger partial charge in [0.2, 0.25) is 0 Å². The first-order valence-corrected chi connectivity index (χ1v) is 6.64. The van der Waals surface area contributed by atoms with E-state index in [0.717, 1.165) is 10.9 Å². The molecule has 2 heterocycles. The molecule has 21 heavy (non-hydrogen) atoms. The largest absolute Gasteiger partial charge is 0.465 e.